The van der Waals surface area contributed by atoms with E-state index in [9.17, 15) is 9.18 Å². The molecule has 0 aliphatic rings. The minimum absolute atomic E-state index is 0.104. The van der Waals surface area contributed by atoms with Gasteiger partial charge < -0.3 is 5.32 Å². The smallest absolute Gasteiger partial charge is 0.239 e. The Balaban J connectivity index is 2.06. The number of unbranched alkanes of at least 4 members (excludes halogenated alkanes) is 1. The van der Waals surface area contributed by atoms with Gasteiger partial charge in [-0.1, -0.05) is 47.0 Å². The molecule has 0 saturated carbocycles. The third-order valence-corrected chi connectivity index (χ3v) is 4.48. The third kappa shape index (κ3) is 3.73. The van der Waals surface area contributed by atoms with Crippen LogP contribution < -0.4 is 5.32 Å². The molecule has 102 valence electrons. The first-order valence-electron chi connectivity index (χ1n) is 6.11. The Kier molecular flexibility index (Phi) is 4.87. The number of amides is 1. The van der Waals surface area contributed by atoms with Crippen molar-refractivity contribution in [2.45, 2.75) is 31.0 Å². The fourth-order valence-electron chi connectivity index (χ4n) is 1.65. The molecule has 0 spiro atoms. The van der Waals surface area contributed by atoms with Crippen LogP contribution >= 0.6 is 27.3 Å². The van der Waals surface area contributed by atoms with Gasteiger partial charge in [-0.2, -0.15) is 0 Å². The Labute approximate surface area is 123 Å². The van der Waals surface area contributed by atoms with E-state index < -0.39 is 0 Å². The Morgan fingerprint density at radius 3 is 3.11 bits per heavy atom. The minimum Gasteiger partial charge on any atom is -0.301 e. The van der Waals surface area contributed by atoms with Gasteiger partial charge >= 0.3 is 0 Å². The van der Waals surface area contributed by atoms with E-state index in [0.29, 0.717) is 10.6 Å². The first kappa shape index (κ1) is 14.4. The van der Waals surface area contributed by atoms with Crippen LogP contribution in [0.2, 0.25) is 0 Å². The minimum atomic E-state index is -0.296. The fourth-order valence-corrected chi connectivity index (χ4v) is 2.98. The topological polar surface area (TPSA) is 42.0 Å². The summed E-state index contributed by atoms with van der Waals surface area (Å²) >= 11 is 4.64. The van der Waals surface area contributed by atoms with Crippen molar-refractivity contribution in [3.63, 3.8) is 0 Å². The first-order valence-corrected chi connectivity index (χ1v) is 7.84. The van der Waals surface area contributed by atoms with Crippen LogP contribution in [0, 0.1) is 5.82 Å². The van der Waals surface area contributed by atoms with Crippen LogP contribution in [-0.4, -0.2) is 15.7 Å². The predicted molar refractivity (Wildman–Crippen MR) is 80.4 cm³/mol. The molecule has 0 bridgehead atoms. The Hall–Kier alpha value is -1.01. The zero-order valence-electron chi connectivity index (χ0n) is 10.5. The van der Waals surface area contributed by atoms with Gasteiger partial charge in [0, 0.05) is 0 Å². The average molecular weight is 345 g/mol. The van der Waals surface area contributed by atoms with Crippen molar-refractivity contribution in [1.29, 1.82) is 0 Å². The van der Waals surface area contributed by atoms with E-state index in [1.54, 1.807) is 6.07 Å². The molecular weight excluding hydrogens is 331 g/mol. The molecular formula is C13H14BrFN2OS. The van der Waals surface area contributed by atoms with Gasteiger partial charge in [0.25, 0.3) is 0 Å². The summed E-state index contributed by atoms with van der Waals surface area (Å²) in [6, 6.07) is 4.40. The Morgan fingerprint density at radius 1 is 1.58 bits per heavy atom. The van der Waals surface area contributed by atoms with Gasteiger partial charge in [-0.3, -0.25) is 4.79 Å². The molecule has 2 rings (SSSR count). The van der Waals surface area contributed by atoms with E-state index in [0.717, 1.165) is 24.0 Å². The lowest BCUT2D eigenvalue weighted by molar-refractivity contribution is -0.115. The van der Waals surface area contributed by atoms with Crippen LogP contribution in [0.1, 0.15) is 26.2 Å². The zero-order valence-corrected chi connectivity index (χ0v) is 12.9. The molecule has 0 aliphatic heterocycles. The second-order valence-corrected chi connectivity index (χ2v) is 6.37. The summed E-state index contributed by atoms with van der Waals surface area (Å²) < 4.78 is 13.8. The average Bonchev–Trinajstić information content (AvgIpc) is 2.77. The summed E-state index contributed by atoms with van der Waals surface area (Å²) in [5, 5.41) is 3.26. The molecule has 2 aromatic rings. The number of carbonyl (C=O) groups is 1. The lowest BCUT2D eigenvalue weighted by Crippen LogP contribution is -2.22. The normalized spacial score (nSPS) is 12.6. The fraction of sp³-hybridized carbons (Fsp3) is 0.385. The number of aromatic nitrogens is 1. The van der Waals surface area contributed by atoms with E-state index in [-0.39, 0.29) is 16.6 Å². The number of hydrogen-bond acceptors (Lipinski definition) is 3. The van der Waals surface area contributed by atoms with Gasteiger partial charge in [0.05, 0.1) is 15.0 Å². The molecule has 1 N–H and O–H groups in total. The number of hydrogen-bond donors (Lipinski definition) is 1. The first-order chi connectivity index (χ1) is 9.10. The molecule has 0 radical (unpaired) electrons. The van der Waals surface area contributed by atoms with Crippen LogP contribution in [0.5, 0.6) is 0 Å². The number of rotatable bonds is 5. The highest BCUT2D eigenvalue weighted by atomic mass is 79.9. The Morgan fingerprint density at radius 2 is 2.37 bits per heavy atom. The maximum absolute atomic E-state index is 13.1. The summed E-state index contributed by atoms with van der Waals surface area (Å²) in [5.74, 6) is -0.400. The van der Waals surface area contributed by atoms with Gasteiger partial charge in [-0.05, 0) is 24.6 Å². The number of fused-ring (bicyclic) bond motifs is 1. The second-order valence-electron chi connectivity index (χ2n) is 4.23. The summed E-state index contributed by atoms with van der Waals surface area (Å²) in [7, 11) is 0. The predicted octanol–water partition coefficient (Wildman–Crippen LogP) is 4.33. The summed E-state index contributed by atoms with van der Waals surface area (Å²) in [4.78, 5) is 15.9. The van der Waals surface area contributed by atoms with Crippen LogP contribution in [0.4, 0.5) is 9.52 Å². The van der Waals surface area contributed by atoms with Crippen LogP contribution in [-0.2, 0) is 4.79 Å². The maximum Gasteiger partial charge on any atom is 0.239 e. The molecule has 0 fully saturated rings. The molecule has 1 unspecified atom stereocenters. The van der Waals surface area contributed by atoms with Crippen molar-refractivity contribution < 1.29 is 9.18 Å². The number of halogens is 2. The van der Waals surface area contributed by atoms with E-state index >= 15 is 0 Å². The highest BCUT2D eigenvalue weighted by molar-refractivity contribution is 9.10. The zero-order chi connectivity index (χ0) is 13.8. The highest BCUT2D eigenvalue weighted by Gasteiger charge is 2.16. The largest absolute Gasteiger partial charge is 0.301 e. The number of alkyl halides is 1. The number of benzene rings is 1. The van der Waals surface area contributed by atoms with Gasteiger partial charge in [0.2, 0.25) is 5.91 Å². The quantitative estimate of drug-likeness (QED) is 0.820. The molecule has 0 aliphatic carbocycles. The molecule has 1 amide bonds. The molecule has 0 saturated heterocycles. The van der Waals surface area contributed by atoms with E-state index in [1.807, 2.05) is 0 Å². The summed E-state index contributed by atoms with van der Waals surface area (Å²) in [6.45, 7) is 2.08. The van der Waals surface area contributed by atoms with Crippen LogP contribution in [0.3, 0.4) is 0 Å². The standard InChI is InChI=1S/C13H14BrFN2OS/c1-2-3-4-9(14)12(18)17-13-16-10-6-5-8(15)7-11(10)19-13/h5-7,9H,2-4H2,1H3,(H,16,17,18). The van der Waals surface area contributed by atoms with Gasteiger partial charge in [0.15, 0.2) is 5.13 Å². The second kappa shape index (κ2) is 6.43. The molecule has 1 aromatic heterocycles. The SMILES string of the molecule is CCCCC(Br)C(=O)Nc1nc2ccc(F)cc2s1. The van der Waals surface area contributed by atoms with E-state index in [1.165, 1.54) is 23.5 Å². The molecule has 19 heavy (non-hydrogen) atoms. The molecule has 6 heteroatoms. The molecule has 1 atom stereocenters. The van der Waals surface area contributed by atoms with Crippen molar-refractivity contribution in [2.75, 3.05) is 5.32 Å². The summed E-state index contributed by atoms with van der Waals surface area (Å²) in [5.41, 5.74) is 0.696. The van der Waals surface area contributed by atoms with Gasteiger partial charge in [-0.15, -0.1) is 0 Å². The number of anilines is 1. The third-order valence-electron chi connectivity index (χ3n) is 2.68. The van der Waals surface area contributed by atoms with Gasteiger partial charge in [-0.25, -0.2) is 9.37 Å². The van der Waals surface area contributed by atoms with Crippen molar-refractivity contribution in [2.24, 2.45) is 0 Å². The number of nitrogens with zero attached hydrogens (tertiary/aromatic N) is 1. The van der Waals surface area contributed by atoms with Crippen molar-refractivity contribution >= 4 is 48.5 Å². The van der Waals surface area contributed by atoms with Gasteiger partial charge in [0.1, 0.15) is 5.82 Å². The molecule has 1 heterocycles. The van der Waals surface area contributed by atoms with Crippen molar-refractivity contribution in [1.82, 2.24) is 4.98 Å². The van der Waals surface area contributed by atoms with E-state index in [4.69, 9.17) is 0 Å². The molecule has 1 aromatic carbocycles. The van der Waals surface area contributed by atoms with Crippen molar-refractivity contribution in [3.8, 4) is 0 Å². The monoisotopic (exact) mass is 344 g/mol. The van der Waals surface area contributed by atoms with Crippen LogP contribution in [0.15, 0.2) is 18.2 Å². The lowest BCUT2D eigenvalue weighted by Gasteiger charge is -2.07. The summed E-state index contributed by atoms with van der Waals surface area (Å²) in [6.07, 6.45) is 2.84. The molecule has 3 nitrogen and oxygen atoms in total. The van der Waals surface area contributed by atoms with Crippen LogP contribution in [0.25, 0.3) is 10.2 Å². The van der Waals surface area contributed by atoms with Crippen molar-refractivity contribution in [3.05, 3.63) is 24.0 Å². The highest BCUT2D eigenvalue weighted by Crippen LogP contribution is 2.27. The number of thiazole rings is 1. The Bertz CT molecular complexity index is 587. The van der Waals surface area contributed by atoms with E-state index in [2.05, 4.69) is 33.2 Å². The lowest BCUT2D eigenvalue weighted by atomic mass is 10.2. The number of nitrogens with one attached hydrogen (secondary N) is 1. The number of carbonyl (C=O) groups excluding carboxylic acids is 1. The maximum atomic E-state index is 13.1.